The molecule has 0 radical (unpaired) electrons. The largest absolute Gasteiger partial charge is 0.381 e. The van der Waals surface area contributed by atoms with Crippen molar-refractivity contribution in [1.82, 2.24) is 0 Å². The van der Waals surface area contributed by atoms with Crippen LogP contribution >= 0.6 is 23.2 Å². The summed E-state index contributed by atoms with van der Waals surface area (Å²) in [5, 5.41) is 12.8. The number of aliphatic hydroxyl groups is 1. The first-order valence-electron chi connectivity index (χ1n) is 4.29. The number of hydrogen-bond donors (Lipinski definition) is 2. The molecule has 0 saturated carbocycles. The Bertz CT molecular complexity index is 365. The number of carbonyl (C=O) groups excluding carboxylic acids is 1. The van der Waals surface area contributed by atoms with Crippen LogP contribution < -0.4 is 5.32 Å². The zero-order valence-electron chi connectivity index (χ0n) is 8.34. The lowest BCUT2D eigenvalue weighted by atomic mass is 10.1. The first-order chi connectivity index (χ1) is 6.79. The molecule has 3 nitrogen and oxygen atoms in total. The van der Waals surface area contributed by atoms with E-state index in [1.165, 1.54) is 13.8 Å². The van der Waals surface area contributed by atoms with Crippen LogP contribution in [0, 0.1) is 0 Å². The molecule has 0 saturated heterocycles. The smallest absolute Gasteiger partial charge is 0.255 e. The van der Waals surface area contributed by atoms with Crippen molar-refractivity contribution in [1.29, 1.82) is 0 Å². The maximum atomic E-state index is 11.4. The Morgan fingerprint density at radius 2 is 1.73 bits per heavy atom. The zero-order valence-corrected chi connectivity index (χ0v) is 9.86. The molecule has 1 rings (SSSR count). The number of hydrogen-bond acceptors (Lipinski definition) is 2. The minimum absolute atomic E-state index is 0.425. The summed E-state index contributed by atoms with van der Waals surface area (Å²) in [6, 6.07) is 4.66. The number of carbonyl (C=O) groups is 1. The van der Waals surface area contributed by atoms with E-state index in [1.54, 1.807) is 18.2 Å². The summed E-state index contributed by atoms with van der Waals surface area (Å²) in [6.45, 7) is 2.79. The first kappa shape index (κ1) is 12.3. The van der Waals surface area contributed by atoms with Crippen LogP contribution in [0.3, 0.4) is 0 Å². The van der Waals surface area contributed by atoms with Gasteiger partial charge < -0.3 is 10.4 Å². The van der Waals surface area contributed by atoms with Crippen LogP contribution in [0.5, 0.6) is 0 Å². The predicted molar refractivity (Wildman–Crippen MR) is 61.4 cm³/mol. The molecule has 0 aliphatic carbocycles. The summed E-state index contributed by atoms with van der Waals surface area (Å²) in [4.78, 5) is 11.4. The van der Waals surface area contributed by atoms with Crippen molar-refractivity contribution in [2.75, 3.05) is 5.32 Å². The van der Waals surface area contributed by atoms with Crippen LogP contribution in [-0.2, 0) is 4.79 Å². The summed E-state index contributed by atoms with van der Waals surface area (Å²) >= 11 is 11.5. The van der Waals surface area contributed by atoms with Crippen LogP contribution in [0.4, 0.5) is 5.69 Å². The van der Waals surface area contributed by atoms with E-state index >= 15 is 0 Å². The molecule has 0 spiro atoms. The number of amides is 1. The van der Waals surface area contributed by atoms with Crippen molar-refractivity contribution in [3.63, 3.8) is 0 Å². The first-order valence-corrected chi connectivity index (χ1v) is 5.04. The van der Waals surface area contributed by atoms with E-state index in [0.717, 1.165) is 0 Å². The van der Waals surface area contributed by atoms with Crippen molar-refractivity contribution in [2.45, 2.75) is 19.4 Å². The molecule has 5 heteroatoms. The molecule has 0 aliphatic heterocycles. The number of nitrogens with one attached hydrogen (secondary N) is 1. The summed E-state index contributed by atoms with van der Waals surface area (Å²) in [7, 11) is 0. The normalized spacial score (nSPS) is 11.3. The van der Waals surface area contributed by atoms with Gasteiger partial charge in [-0.25, -0.2) is 0 Å². The maximum absolute atomic E-state index is 11.4. The Balaban J connectivity index is 2.86. The highest BCUT2D eigenvalue weighted by Crippen LogP contribution is 2.23. The van der Waals surface area contributed by atoms with Crippen LogP contribution in [0.15, 0.2) is 18.2 Å². The molecule has 0 aliphatic rings. The molecule has 0 atom stereocenters. The van der Waals surface area contributed by atoms with E-state index in [1.807, 2.05) is 0 Å². The highest BCUT2D eigenvalue weighted by atomic mass is 35.5. The molecule has 0 unspecified atom stereocenters. The van der Waals surface area contributed by atoms with Crippen molar-refractivity contribution in [2.24, 2.45) is 0 Å². The van der Waals surface area contributed by atoms with E-state index in [0.29, 0.717) is 15.7 Å². The van der Waals surface area contributed by atoms with Gasteiger partial charge in [0, 0.05) is 15.7 Å². The SMILES string of the molecule is CC(C)(O)C(=O)Nc1cc(Cl)cc(Cl)c1. The van der Waals surface area contributed by atoms with Gasteiger partial charge in [0.1, 0.15) is 5.60 Å². The Kier molecular flexibility index (Phi) is 3.60. The monoisotopic (exact) mass is 247 g/mol. The molecule has 0 heterocycles. The number of benzene rings is 1. The van der Waals surface area contributed by atoms with Gasteiger partial charge in [-0.1, -0.05) is 23.2 Å². The van der Waals surface area contributed by atoms with Crippen LogP contribution in [-0.4, -0.2) is 16.6 Å². The third-order valence-corrected chi connectivity index (χ3v) is 2.11. The lowest BCUT2D eigenvalue weighted by Crippen LogP contribution is -2.36. The van der Waals surface area contributed by atoms with Gasteiger partial charge in [0.15, 0.2) is 0 Å². The molecule has 1 aromatic rings. The Morgan fingerprint density at radius 3 is 2.13 bits per heavy atom. The van der Waals surface area contributed by atoms with Crippen molar-refractivity contribution in [3.8, 4) is 0 Å². The molecule has 0 aromatic heterocycles. The topological polar surface area (TPSA) is 49.3 Å². The number of anilines is 1. The molecule has 2 N–H and O–H groups in total. The molecular weight excluding hydrogens is 237 g/mol. The van der Waals surface area contributed by atoms with E-state index in [-0.39, 0.29) is 0 Å². The Labute approximate surface area is 98.0 Å². The number of rotatable bonds is 2. The lowest BCUT2D eigenvalue weighted by Gasteiger charge is -2.16. The zero-order chi connectivity index (χ0) is 11.6. The second-order valence-corrected chi connectivity index (χ2v) is 4.54. The second kappa shape index (κ2) is 4.39. The average Bonchev–Trinajstić information content (AvgIpc) is 1.99. The van der Waals surface area contributed by atoms with Crippen LogP contribution in [0.1, 0.15) is 13.8 Å². The molecule has 0 fully saturated rings. The molecular formula is C10H11Cl2NO2. The molecule has 1 aromatic carbocycles. The Hall–Kier alpha value is -0.770. The van der Waals surface area contributed by atoms with Gasteiger partial charge in [-0.3, -0.25) is 4.79 Å². The molecule has 0 bridgehead atoms. The van der Waals surface area contributed by atoms with Gasteiger partial charge in [0.25, 0.3) is 5.91 Å². The summed E-state index contributed by atoms with van der Waals surface area (Å²) < 4.78 is 0. The maximum Gasteiger partial charge on any atom is 0.255 e. The van der Waals surface area contributed by atoms with Crippen molar-refractivity contribution >= 4 is 34.8 Å². The number of halogens is 2. The van der Waals surface area contributed by atoms with Gasteiger partial charge in [0.05, 0.1) is 0 Å². The second-order valence-electron chi connectivity index (χ2n) is 3.67. The predicted octanol–water partition coefficient (Wildman–Crippen LogP) is 2.70. The van der Waals surface area contributed by atoms with Crippen LogP contribution in [0.2, 0.25) is 10.0 Å². The van der Waals surface area contributed by atoms with Gasteiger partial charge >= 0.3 is 0 Å². The Morgan fingerprint density at radius 1 is 1.27 bits per heavy atom. The molecule has 82 valence electrons. The summed E-state index contributed by atoms with van der Waals surface area (Å²) in [5.74, 6) is -0.513. The fourth-order valence-corrected chi connectivity index (χ4v) is 1.44. The third kappa shape index (κ3) is 3.70. The minimum atomic E-state index is -1.44. The third-order valence-electron chi connectivity index (χ3n) is 1.68. The molecule has 15 heavy (non-hydrogen) atoms. The van der Waals surface area contributed by atoms with E-state index in [9.17, 15) is 9.90 Å². The summed E-state index contributed by atoms with van der Waals surface area (Å²) in [6.07, 6.45) is 0. The van der Waals surface area contributed by atoms with Crippen LogP contribution in [0.25, 0.3) is 0 Å². The molecule has 1 amide bonds. The fourth-order valence-electron chi connectivity index (χ4n) is 0.910. The highest BCUT2D eigenvalue weighted by Gasteiger charge is 2.23. The van der Waals surface area contributed by atoms with Gasteiger partial charge in [-0.2, -0.15) is 0 Å². The fraction of sp³-hybridized carbons (Fsp3) is 0.300. The van der Waals surface area contributed by atoms with Gasteiger partial charge in [-0.05, 0) is 32.0 Å². The van der Waals surface area contributed by atoms with E-state index in [4.69, 9.17) is 23.2 Å². The van der Waals surface area contributed by atoms with Crippen molar-refractivity contribution < 1.29 is 9.90 Å². The lowest BCUT2D eigenvalue weighted by molar-refractivity contribution is -0.130. The quantitative estimate of drug-likeness (QED) is 0.845. The van der Waals surface area contributed by atoms with Crippen molar-refractivity contribution in [3.05, 3.63) is 28.2 Å². The van der Waals surface area contributed by atoms with E-state index < -0.39 is 11.5 Å². The summed E-state index contributed by atoms with van der Waals surface area (Å²) in [5.41, 5.74) is -0.978. The minimum Gasteiger partial charge on any atom is -0.381 e. The standard InChI is InChI=1S/C10H11Cl2NO2/c1-10(2,15)9(14)13-8-4-6(11)3-7(12)5-8/h3-5,15H,1-2H3,(H,13,14). The van der Waals surface area contributed by atoms with Gasteiger partial charge in [-0.15, -0.1) is 0 Å². The van der Waals surface area contributed by atoms with E-state index in [2.05, 4.69) is 5.32 Å². The average molecular weight is 248 g/mol. The highest BCUT2D eigenvalue weighted by molar-refractivity contribution is 6.35. The van der Waals surface area contributed by atoms with Gasteiger partial charge in [0.2, 0.25) is 0 Å².